The summed E-state index contributed by atoms with van der Waals surface area (Å²) in [6.45, 7) is 0. The van der Waals surface area contributed by atoms with Gasteiger partial charge in [-0.25, -0.2) is 0 Å². The molecule has 2 unspecified atom stereocenters. The summed E-state index contributed by atoms with van der Waals surface area (Å²) in [5.74, 6) is 0.326. The fourth-order valence-electron chi connectivity index (χ4n) is 0.908. The van der Waals surface area contributed by atoms with Crippen molar-refractivity contribution in [3.63, 3.8) is 0 Å². The van der Waals surface area contributed by atoms with E-state index in [1.54, 1.807) is 6.07 Å². The second-order valence-corrected chi connectivity index (χ2v) is 2.88. The molecule has 1 aromatic rings. The lowest BCUT2D eigenvalue weighted by molar-refractivity contribution is 0.0144. The zero-order valence-electron chi connectivity index (χ0n) is 6.44. The summed E-state index contributed by atoms with van der Waals surface area (Å²) < 4.78 is 0. The van der Waals surface area contributed by atoms with E-state index in [9.17, 15) is 10.2 Å². The molecule has 0 spiro atoms. The monoisotopic (exact) mass is 190 g/mol. The molecule has 68 valence electrons. The average Bonchev–Trinajstić information content (AvgIpc) is 2.55. The van der Waals surface area contributed by atoms with Gasteiger partial charge in [0.05, 0.1) is 11.8 Å². The summed E-state index contributed by atoms with van der Waals surface area (Å²) in [6.07, 6.45) is 0.127. The molecule has 3 N–H and O–H groups in total. The molecular formula is C7H11ClN2O2. The number of alkyl halides is 1. The second kappa shape index (κ2) is 4.45. The molecule has 2 atom stereocenters. The summed E-state index contributed by atoms with van der Waals surface area (Å²) >= 11 is 5.40. The van der Waals surface area contributed by atoms with Gasteiger partial charge in [0.1, 0.15) is 6.10 Å². The summed E-state index contributed by atoms with van der Waals surface area (Å²) in [5, 5.41) is 25.0. The van der Waals surface area contributed by atoms with Crippen LogP contribution in [-0.4, -0.2) is 32.4 Å². The first-order valence-electron chi connectivity index (χ1n) is 3.67. The highest BCUT2D eigenvalue weighted by Gasteiger charge is 2.18. The molecule has 1 heterocycles. The van der Waals surface area contributed by atoms with Crippen LogP contribution in [0, 0.1) is 0 Å². The molecule has 1 aromatic heterocycles. The van der Waals surface area contributed by atoms with Crippen molar-refractivity contribution in [2.75, 3.05) is 5.88 Å². The Kier molecular flexibility index (Phi) is 3.52. The molecule has 4 nitrogen and oxygen atoms in total. The van der Waals surface area contributed by atoms with E-state index < -0.39 is 12.2 Å². The largest absolute Gasteiger partial charge is 0.390 e. The first-order valence-corrected chi connectivity index (χ1v) is 4.20. The Morgan fingerprint density at radius 2 is 2.33 bits per heavy atom. The zero-order valence-corrected chi connectivity index (χ0v) is 7.20. The van der Waals surface area contributed by atoms with Gasteiger partial charge in [0.15, 0.2) is 0 Å². The van der Waals surface area contributed by atoms with Crippen LogP contribution in [0.5, 0.6) is 0 Å². The SMILES string of the molecule is OC(CCCl)C(O)c1ccn[nH]1. The van der Waals surface area contributed by atoms with Gasteiger partial charge >= 0.3 is 0 Å². The Balaban J connectivity index is 2.53. The van der Waals surface area contributed by atoms with Crippen molar-refractivity contribution in [2.24, 2.45) is 0 Å². The standard InChI is InChI=1S/C7H11ClN2O2/c8-3-1-6(11)7(12)5-2-4-9-10-5/h2,4,6-7,11-12H,1,3H2,(H,9,10). The van der Waals surface area contributed by atoms with Crippen LogP contribution in [0.25, 0.3) is 0 Å². The minimum absolute atomic E-state index is 0.326. The predicted molar refractivity (Wildman–Crippen MR) is 44.9 cm³/mol. The smallest absolute Gasteiger partial charge is 0.121 e. The Morgan fingerprint density at radius 3 is 2.83 bits per heavy atom. The van der Waals surface area contributed by atoms with E-state index in [-0.39, 0.29) is 0 Å². The third-order valence-electron chi connectivity index (χ3n) is 1.61. The Hall–Kier alpha value is -0.580. The first kappa shape index (κ1) is 9.51. The number of aliphatic hydroxyl groups is 2. The Labute approximate surface area is 75.2 Å². The molecule has 0 fully saturated rings. The van der Waals surface area contributed by atoms with Crippen LogP contribution < -0.4 is 0 Å². The number of aromatic amines is 1. The van der Waals surface area contributed by atoms with E-state index >= 15 is 0 Å². The molecule has 0 saturated heterocycles. The maximum atomic E-state index is 9.43. The van der Waals surface area contributed by atoms with Gasteiger partial charge in [0.25, 0.3) is 0 Å². The fourth-order valence-corrected chi connectivity index (χ4v) is 1.13. The van der Waals surface area contributed by atoms with Crippen molar-refractivity contribution in [2.45, 2.75) is 18.6 Å². The lowest BCUT2D eigenvalue weighted by Crippen LogP contribution is -2.18. The van der Waals surface area contributed by atoms with E-state index in [0.29, 0.717) is 18.0 Å². The number of rotatable bonds is 4. The zero-order chi connectivity index (χ0) is 8.97. The normalized spacial score (nSPS) is 15.9. The number of halogens is 1. The number of hydrogen-bond donors (Lipinski definition) is 3. The summed E-state index contributed by atoms with van der Waals surface area (Å²) in [4.78, 5) is 0. The number of H-pyrrole nitrogens is 1. The van der Waals surface area contributed by atoms with Crippen molar-refractivity contribution in [3.05, 3.63) is 18.0 Å². The number of nitrogens with zero attached hydrogens (tertiary/aromatic N) is 1. The Morgan fingerprint density at radius 1 is 1.58 bits per heavy atom. The first-order chi connectivity index (χ1) is 5.75. The van der Waals surface area contributed by atoms with Crippen molar-refractivity contribution in [1.29, 1.82) is 0 Å². The minimum Gasteiger partial charge on any atom is -0.390 e. The Bertz CT molecular complexity index is 215. The van der Waals surface area contributed by atoms with Gasteiger partial charge in [-0.3, -0.25) is 5.10 Å². The van der Waals surface area contributed by atoms with Crippen molar-refractivity contribution < 1.29 is 10.2 Å². The average molecular weight is 191 g/mol. The molecule has 0 aliphatic heterocycles. The van der Waals surface area contributed by atoms with Crippen molar-refractivity contribution in [1.82, 2.24) is 10.2 Å². The van der Waals surface area contributed by atoms with Crippen LogP contribution in [-0.2, 0) is 0 Å². The van der Waals surface area contributed by atoms with Crippen LogP contribution in [0.2, 0.25) is 0 Å². The van der Waals surface area contributed by atoms with Crippen molar-refractivity contribution in [3.8, 4) is 0 Å². The molecular weight excluding hydrogens is 180 g/mol. The number of hydrogen-bond acceptors (Lipinski definition) is 3. The topological polar surface area (TPSA) is 69.1 Å². The van der Waals surface area contributed by atoms with Gasteiger partial charge in [0.2, 0.25) is 0 Å². The minimum atomic E-state index is -0.925. The van der Waals surface area contributed by atoms with Gasteiger partial charge < -0.3 is 10.2 Å². The summed E-state index contributed by atoms with van der Waals surface area (Å²) in [7, 11) is 0. The molecule has 12 heavy (non-hydrogen) atoms. The lowest BCUT2D eigenvalue weighted by atomic mass is 10.1. The van der Waals surface area contributed by atoms with Crippen LogP contribution in [0.4, 0.5) is 0 Å². The van der Waals surface area contributed by atoms with Gasteiger partial charge in [-0.1, -0.05) is 0 Å². The van der Waals surface area contributed by atoms with Gasteiger partial charge in [0, 0.05) is 12.1 Å². The van der Waals surface area contributed by atoms with E-state index in [2.05, 4.69) is 10.2 Å². The molecule has 0 saturated carbocycles. The quantitative estimate of drug-likeness (QED) is 0.604. The maximum Gasteiger partial charge on any atom is 0.121 e. The number of nitrogens with one attached hydrogen (secondary N) is 1. The molecule has 0 aliphatic carbocycles. The summed E-state index contributed by atoms with van der Waals surface area (Å²) in [6, 6.07) is 1.61. The van der Waals surface area contributed by atoms with Gasteiger partial charge in [-0.2, -0.15) is 5.10 Å². The predicted octanol–water partition coefficient (Wildman–Crippen LogP) is 0.433. The van der Waals surface area contributed by atoms with Crippen LogP contribution in [0.3, 0.4) is 0 Å². The molecule has 0 radical (unpaired) electrons. The van der Waals surface area contributed by atoms with Gasteiger partial charge in [-0.05, 0) is 12.5 Å². The number of aliphatic hydroxyl groups excluding tert-OH is 2. The maximum absolute atomic E-state index is 9.43. The molecule has 1 rings (SSSR count). The highest BCUT2D eigenvalue weighted by molar-refractivity contribution is 6.17. The molecule has 0 aromatic carbocycles. The highest BCUT2D eigenvalue weighted by atomic mass is 35.5. The lowest BCUT2D eigenvalue weighted by Gasteiger charge is -2.14. The van der Waals surface area contributed by atoms with Crippen molar-refractivity contribution >= 4 is 11.6 Å². The molecule has 5 heteroatoms. The fraction of sp³-hybridized carbons (Fsp3) is 0.571. The van der Waals surface area contributed by atoms with E-state index in [1.165, 1.54) is 6.20 Å². The summed E-state index contributed by atoms with van der Waals surface area (Å²) in [5.41, 5.74) is 0.507. The van der Waals surface area contributed by atoms with E-state index in [0.717, 1.165) is 0 Å². The van der Waals surface area contributed by atoms with E-state index in [4.69, 9.17) is 11.6 Å². The third-order valence-corrected chi connectivity index (χ3v) is 1.83. The molecule has 0 amide bonds. The van der Waals surface area contributed by atoms with Crippen LogP contribution in [0.1, 0.15) is 18.2 Å². The highest BCUT2D eigenvalue weighted by Crippen LogP contribution is 2.16. The third kappa shape index (κ3) is 2.20. The second-order valence-electron chi connectivity index (χ2n) is 2.50. The van der Waals surface area contributed by atoms with E-state index in [1.807, 2.05) is 0 Å². The molecule has 0 aliphatic rings. The van der Waals surface area contributed by atoms with Gasteiger partial charge in [-0.15, -0.1) is 11.6 Å². The van der Waals surface area contributed by atoms with Crippen LogP contribution >= 0.6 is 11.6 Å². The number of aromatic nitrogens is 2. The molecule has 0 bridgehead atoms. The van der Waals surface area contributed by atoms with Crippen LogP contribution in [0.15, 0.2) is 12.3 Å².